The maximum atomic E-state index is 10.6. The highest BCUT2D eigenvalue weighted by molar-refractivity contribution is 5.66. The number of aryl methyl sites for hydroxylation is 2. The predicted molar refractivity (Wildman–Crippen MR) is 114 cm³/mol. The fraction of sp³-hybridized carbons (Fsp3) is 0.708. The van der Waals surface area contributed by atoms with Crippen LogP contribution in [0.5, 0.6) is 0 Å². The lowest BCUT2D eigenvalue weighted by atomic mass is 9.84. The third kappa shape index (κ3) is 8.07. The van der Waals surface area contributed by atoms with Crippen LogP contribution < -0.4 is 0 Å². The highest BCUT2D eigenvalue weighted by atomic mass is 16.4. The molecule has 2 rings (SSSR count). The average molecular weight is 407 g/mol. The largest absolute Gasteiger partial charge is 0.481 e. The van der Waals surface area contributed by atoms with Gasteiger partial charge in [0.15, 0.2) is 0 Å². The molecule has 4 unspecified atom stereocenters. The van der Waals surface area contributed by atoms with E-state index < -0.39 is 24.3 Å². The number of carbonyl (C=O) groups is 1. The van der Waals surface area contributed by atoms with E-state index in [4.69, 9.17) is 5.11 Å². The maximum Gasteiger partial charge on any atom is 0.303 e. The molecule has 1 aromatic carbocycles. The molecule has 29 heavy (non-hydrogen) atoms. The van der Waals surface area contributed by atoms with Gasteiger partial charge in [-0.15, -0.1) is 0 Å². The number of carboxylic acids is 1. The molecule has 1 saturated carbocycles. The number of unbranched alkanes of at least 4 members (excludes halogenated alkanes) is 3. The van der Waals surface area contributed by atoms with Gasteiger partial charge in [-0.1, -0.05) is 43.5 Å². The Morgan fingerprint density at radius 3 is 2.34 bits per heavy atom. The summed E-state index contributed by atoms with van der Waals surface area (Å²) in [7, 11) is 0. The molecule has 0 amide bonds. The van der Waals surface area contributed by atoms with Gasteiger partial charge in [0.1, 0.15) is 0 Å². The first-order valence-electron chi connectivity index (χ1n) is 11.2. The van der Waals surface area contributed by atoms with Crippen molar-refractivity contribution in [2.24, 2.45) is 11.8 Å². The lowest BCUT2D eigenvalue weighted by molar-refractivity contribution is -0.137. The number of aliphatic hydroxyl groups is 3. The van der Waals surface area contributed by atoms with Crippen LogP contribution >= 0.6 is 0 Å². The fourth-order valence-electron chi connectivity index (χ4n) is 4.73. The number of aliphatic carboxylic acids is 1. The molecule has 1 aliphatic carbocycles. The van der Waals surface area contributed by atoms with Crippen LogP contribution in [0.15, 0.2) is 24.3 Å². The first-order chi connectivity index (χ1) is 13.9. The number of carboxylic acid groups (broad SMARTS) is 1. The van der Waals surface area contributed by atoms with Gasteiger partial charge in [-0.05, 0) is 74.8 Å². The van der Waals surface area contributed by atoms with E-state index in [0.29, 0.717) is 25.7 Å². The van der Waals surface area contributed by atoms with Crippen molar-refractivity contribution in [2.45, 2.75) is 95.9 Å². The van der Waals surface area contributed by atoms with Gasteiger partial charge in [-0.2, -0.15) is 0 Å². The van der Waals surface area contributed by atoms with E-state index in [1.54, 1.807) is 0 Å². The average Bonchev–Trinajstić information content (AvgIpc) is 2.94. The Balaban J connectivity index is 1.72. The van der Waals surface area contributed by atoms with Crippen LogP contribution in [-0.4, -0.2) is 44.7 Å². The van der Waals surface area contributed by atoms with Crippen LogP contribution in [0.4, 0.5) is 0 Å². The van der Waals surface area contributed by atoms with Gasteiger partial charge in [-0.3, -0.25) is 4.79 Å². The Morgan fingerprint density at radius 1 is 1.00 bits per heavy atom. The van der Waals surface area contributed by atoms with Crippen molar-refractivity contribution >= 4 is 5.97 Å². The Labute approximate surface area is 174 Å². The lowest BCUT2D eigenvalue weighted by Gasteiger charge is -2.24. The molecule has 4 N–H and O–H groups in total. The minimum atomic E-state index is -0.750. The number of hydrogen-bond donors (Lipinski definition) is 4. The monoisotopic (exact) mass is 406 g/mol. The second kappa shape index (κ2) is 12.3. The summed E-state index contributed by atoms with van der Waals surface area (Å²) in [5.41, 5.74) is 2.51. The van der Waals surface area contributed by atoms with Gasteiger partial charge in [0.05, 0.1) is 18.3 Å². The van der Waals surface area contributed by atoms with Crippen LogP contribution in [-0.2, 0) is 11.2 Å². The molecule has 0 aliphatic heterocycles. The molecule has 5 atom stereocenters. The standard InChI is InChI=1S/C24H38O5/c1-17-8-6-7-9-18(17)12-13-19(25)14-15-21-20(22(26)16-23(21)27)10-4-2-3-5-11-24(28)29/h6-9,19-23,25-27H,2-5,10-16H2,1H3,(H,28,29)/t19?,20?,21-,22?,23?/m1/s1. The second-order valence-electron chi connectivity index (χ2n) is 8.74. The molecule has 1 aromatic rings. The van der Waals surface area contributed by atoms with Gasteiger partial charge >= 0.3 is 5.97 Å². The molecular weight excluding hydrogens is 368 g/mol. The minimum absolute atomic E-state index is 0.0390. The third-order valence-corrected chi connectivity index (χ3v) is 6.54. The third-order valence-electron chi connectivity index (χ3n) is 6.54. The van der Waals surface area contributed by atoms with E-state index in [2.05, 4.69) is 19.1 Å². The van der Waals surface area contributed by atoms with Crippen molar-refractivity contribution in [3.63, 3.8) is 0 Å². The number of benzene rings is 1. The van der Waals surface area contributed by atoms with Gasteiger partial charge in [-0.25, -0.2) is 0 Å². The molecular formula is C24H38O5. The summed E-state index contributed by atoms with van der Waals surface area (Å²) >= 11 is 0. The van der Waals surface area contributed by atoms with Crippen LogP contribution in [0, 0.1) is 18.8 Å². The van der Waals surface area contributed by atoms with Crippen molar-refractivity contribution in [1.29, 1.82) is 0 Å². The molecule has 0 spiro atoms. The van der Waals surface area contributed by atoms with Crippen LogP contribution in [0.1, 0.15) is 75.3 Å². The topological polar surface area (TPSA) is 98.0 Å². The van der Waals surface area contributed by atoms with E-state index in [9.17, 15) is 20.1 Å². The molecule has 0 heterocycles. The molecule has 5 heteroatoms. The van der Waals surface area contributed by atoms with Crippen molar-refractivity contribution < 1.29 is 25.2 Å². The normalized spacial score (nSPS) is 25.2. The summed E-state index contributed by atoms with van der Waals surface area (Å²) in [5.74, 6) is -0.634. The molecule has 1 aliphatic rings. The molecule has 0 saturated heterocycles. The van der Waals surface area contributed by atoms with E-state index in [-0.39, 0.29) is 18.3 Å². The van der Waals surface area contributed by atoms with Crippen molar-refractivity contribution in [3.8, 4) is 0 Å². The van der Waals surface area contributed by atoms with E-state index in [1.807, 2.05) is 12.1 Å². The van der Waals surface area contributed by atoms with Crippen LogP contribution in [0.3, 0.4) is 0 Å². The Bertz CT molecular complexity index is 617. The van der Waals surface area contributed by atoms with Crippen LogP contribution in [0.25, 0.3) is 0 Å². The van der Waals surface area contributed by atoms with Crippen molar-refractivity contribution in [3.05, 3.63) is 35.4 Å². The number of hydrogen-bond acceptors (Lipinski definition) is 4. The number of aliphatic hydroxyl groups excluding tert-OH is 3. The molecule has 5 nitrogen and oxygen atoms in total. The molecule has 0 bridgehead atoms. The van der Waals surface area contributed by atoms with Gasteiger partial charge in [0.2, 0.25) is 0 Å². The van der Waals surface area contributed by atoms with E-state index in [1.165, 1.54) is 11.1 Å². The lowest BCUT2D eigenvalue weighted by Crippen LogP contribution is -2.24. The highest BCUT2D eigenvalue weighted by Crippen LogP contribution is 2.39. The zero-order valence-corrected chi connectivity index (χ0v) is 17.7. The Morgan fingerprint density at radius 2 is 1.66 bits per heavy atom. The zero-order chi connectivity index (χ0) is 21.2. The van der Waals surface area contributed by atoms with Crippen molar-refractivity contribution in [2.75, 3.05) is 0 Å². The fourth-order valence-corrected chi connectivity index (χ4v) is 4.73. The minimum Gasteiger partial charge on any atom is -0.481 e. The smallest absolute Gasteiger partial charge is 0.303 e. The van der Waals surface area contributed by atoms with Gasteiger partial charge in [0.25, 0.3) is 0 Å². The zero-order valence-electron chi connectivity index (χ0n) is 17.7. The first-order valence-corrected chi connectivity index (χ1v) is 11.2. The highest BCUT2D eigenvalue weighted by Gasteiger charge is 2.40. The summed E-state index contributed by atoms with van der Waals surface area (Å²) in [4.78, 5) is 10.6. The molecule has 0 aromatic heterocycles. The summed E-state index contributed by atoms with van der Waals surface area (Å²) in [6.07, 6.45) is 6.57. The quantitative estimate of drug-likeness (QED) is 0.373. The SMILES string of the molecule is Cc1ccccc1CCC(O)CC[C@H]1C(O)CC(O)C1CCCCCCC(=O)O. The second-order valence-corrected chi connectivity index (χ2v) is 8.74. The van der Waals surface area contributed by atoms with E-state index >= 15 is 0 Å². The summed E-state index contributed by atoms with van der Waals surface area (Å²) < 4.78 is 0. The Hall–Kier alpha value is -1.43. The summed E-state index contributed by atoms with van der Waals surface area (Å²) in [6, 6.07) is 8.24. The van der Waals surface area contributed by atoms with E-state index in [0.717, 1.165) is 38.5 Å². The predicted octanol–water partition coefficient (Wildman–Crippen LogP) is 3.85. The Kier molecular flexibility index (Phi) is 10.1. The number of rotatable bonds is 13. The summed E-state index contributed by atoms with van der Waals surface area (Å²) in [6.45, 7) is 2.09. The maximum absolute atomic E-state index is 10.6. The summed E-state index contributed by atoms with van der Waals surface area (Å²) in [5, 5.41) is 39.8. The van der Waals surface area contributed by atoms with Crippen molar-refractivity contribution in [1.82, 2.24) is 0 Å². The molecule has 164 valence electrons. The van der Waals surface area contributed by atoms with Gasteiger partial charge in [0, 0.05) is 6.42 Å². The molecule has 0 radical (unpaired) electrons. The first kappa shape index (κ1) is 23.8. The van der Waals surface area contributed by atoms with Crippen LogP contribution in [0.2, 0.25) is 0 Å². The van der Waals surface area contributed by atoms with Gasteiger partial charge < -0.3 is 20.4 Å². The molecule has 1 fully saturated rings.